The van der Waals surface area contributed by atoms with Crippen molar-refractivity contribution in [1.29, 1.82) is 0 Å². The fourth-order valence-corrected chi connectivity index (χ4v) is 0. The van der Waals surface area contributed by atoms with E-state index in [1.165, 1.54) is 0 Å². The van der Waals surface area contributed by atoms with Gasteiger partial charge in [0, 0.05) is 0 Å². The van der Waals surface area contributed by atoms with Gasteiger partial charge in [-0.2, -0.15) is 0 Å². The minimum absolute atomic E-state index is 0. The molecule has 0 saturated carbocycles. The van der Waals surface area contributed by atoms with E-state index in [-0.39, 0.29) is 52.1 Å². The Labute approximate surface area is 193 Å². The summed E-state index contributed by atoms with van der Waals surface area (Å²) in [6.07, 6.45) is 0. The van der Waals surface area contributed by atoms with E-state index in [1.807, 2.05) is 0 Å². The first kappa shape index (κ1) is 51.6. The van der Waals surface area contributed by atoms with Gasteiger partial charge in [0.2, 0.25) is 0 Å². The van der Waals surface area contributed by atoms with Crippen LogP contribution in [0.25, 0.3) is 0 Å². The molecule has 0 bridgehead atoms. The van der Waals surface area contributed by atoms with Crippen molar-refractivity contribution in [3.8, 4) is 0 Å². The molecule has 0 aliphatic carbocycles. The van der Waals surface area contributed by atoms with E-state index >= 15 is 0 Å². The topological polar surface area (TPSA) is 371 Å². The zero-order valence-corrected chi connectivity index (χ0v) is 19.6. The molecule has 0 aliphatic heterocycles. The van der Waals surface area contributed by atoms with Gasteiger partial charge in [-0.1, -0.05) is 0 Å². The van der Waals surface area contributed by atoms with Gasteiger partial charge in [0.15, 0.2) is 0 Å². The molecule has 28 heteroatoms. The molecule has 175 valence electrons. The predicted octanol–water partition coefficient (Wildman–Crippen LogP) is -10.7. The average molecular weight is 719 g/mol. The second kappa shape index (κ2) is 21.2. The van der Waals surface area contributed by atoms with Crippen LogP contribution in [0.3, 0.4) is 0 Å². The predicted molar refractivity (Wildman–Crippen MR) is 10.3 cm³/mol. The van der Waals surface area contributed by atoms with Gasteiger partial charge in [0.25, 0.3) is 0 Å². The Kier molecular flexibility index (Phi) is 39.1. The average Bonchev–Trinajstić information content (AvgIpc) is 1.79. The zero-order valence-electron chi connectivity index (χ0n) is 11.7. The van der Waals surface area contributed by atoms with E-state index in [4.69, 9.17) is 78.5 Å². The molecule has 1 radical (unpaired) electrons. The third-order valence-corrected chi connectivity index (χ3v) is 0. The van der Waals surface area contributed by atoms with Gasteiger partial charge in [0.1, 0.15) is 0 Å². The normalized spacial score (nSPS) is 10.2. The monoisotopic (exact) mass is 718 g/mol. The first-order chi connectivity index (χ1) is 10.0. The van der Waals surface area contributed by atoms with E-state index < -0.39 is 64.9 Å². The number of hydrogen-bond acceptors (Lipinski definition) is 20. The van der Waals surface area contributed by atoms with Crippen LogP contribution in [0.1, 0.15) is 0 Å². The molecular weight excluding hydrogens is 719 g/mol. The van der Waals surface area contributed by atoms with Gasteiger partial charge in [-0.05, 0) is 0 Å². The van der Waals surface area contributed by atoms with Crippen molar-refractivity contribution >= 4 is 0 Å². The minimum atomic E-state index is -5.62. The molecule has 0 aliphatic rings. The first-order valence-electron chi connectivity index (χ1n) is 3.09. The summed E-state index contributed by atoms with van der Waals surface area (Å²) in [6.45, 7) is 0. The SMILES string of the molecule is [Co+2].[Li+].[Ni+2].[O]=[Mn](=[O])(=[O])[O-].[O]=[Mn](=[O])(=[O])[O-].[O]=[Mn](=[O])(=[O])[O-].[O]=[Mn](=[O])(=[O])[O-].[O]=[Mn](=[O])(=[O])[O-]. The summed E-state index contributed by atoms with van der Waals surface area (Å²) in [7, 11) is 0. The molecule has 0 heterocycles. The van der Waals surface area contributed by atoms with Crippen LogP contribution in [-0.4, -0.2) is 0 Å². The van der Waals surface area contributed by atoms with Crippen LogP contribution in [0.5, 0.6) is 0 Å². The second-order valence-electron chi connectivity index (χ2n) is 1.89. The first-order valence-corrected chi connectivity index (χ1v) is 12.7. The molecule has 0 aromatic rings. The van der Waals surface area contributed by atoms with Crippen molar-refractivity contribution in [2.24, 2.45) is 0 Å². The van der Waals surface area contributed by atoms with Crippen LogP contribution in [0.15, 0.2) is 0 Å². The Balaban J connectivity index is -0.0000000290. The van der Waals surface area contributed by atoms with Gasteiger partial charge in [0.05, 0.1) is 0 Å². The molecule has 0 aromatic carbocycles. The van der Waals surface area contributed by atoms with E-state index in [0.29, 0.717) is 0 Å². The van der Waals surface area contributed by atoms with Gasteiger partial charge in [-0.15, -0.1) is 0 Å². The number of rotatable bonds is 0. The molecule has 0 spiro atoms. The molecule has 0 N–H and O–H groups in total. The Morgan fingerprint density at radius 2 is 0.321 bits per heavy atom. The standard InChI is InChI=1S/Co.Li.5Mn.Ni.20O/q+2;+1;;;;;;+2;;;;;;;;;;;;;;;;5*-1. The molecule has 0 aromatic heterocycles. The molecular formula is CoLiMn5NiO20. The van der Waals surface area contributed by atoms with Crippen molar-refractivity contribution in [1.82, 2.24) is 0 Å². The summed E-state index contributed by atoms with van der Waals surface area (Å²) in [4.78, 5) is 0. The van der Waals surface area contributed by atoms with Crippen LogP contribution >= 0.6 is 0 Å². The fourth-order valence-electron chi connectivity index (χ4n) is 0. The fraction of sp³-hybridized carbons (Fsp3) is 0. The van der Waals surface area contributed by atoms with E-state index in [1.54, 1.807) is 0 Å². The summed E-state index contributed by atoms with van der Waals surface area (Å²) >= 11 is -28.1. The van der Waals surface area contributed by atoms with Crippen molar-refractivity contribution < 1.29 is 195 Å². The van der Waals surface area contributed by atoms with Crippen LogP contribution in [0, 0.1) is 0 Å². The van der Waals surface area contributed by atoms with Gasteiger partial charge in [-0.25, -0.2) is 0 Å². The third-order valence-electron chi connectivity index (χ3n) is 0. The molecule has 0 fully saturated rings. The molecule has 0 saturated heterocycles. The Morgan fingerprint density at radius 3 is 0.321 bits per heavy atom. The number of hydrogen-bond donors (Lipinski definition) is 0. The molecule has 28 heavy (non-hydrogen) atoms. The summed E-state index contributed by atoms with van der Waals surface area (Å²) in [5, 5.41) is 0. The maximum atomic E-state index is 8.58. The van der Waals surface area contributed by atoms with E-state index in [2.05, 4.69) is 0 Å². The zero-order chi connectivity index (χ0) is 22.5. The van der Waals surface area contributed by atoms with Crippen molar-refractivity contribution in [2.45, 2.75) is 0 Å². The Bertz CT molecular complexity index is 886. The molecule has 0 atom stereocenters. The third kappa shape index (κ3) is 18400. The van der Waals surface area contributed by atoms with Crippen molar-refractivity contribution in [3.63, 3.8) is 0 Å². The van der Waals surface area contributed by atoms with Gasteiger partial charge >= 0.3 is 195 Å². The van der Waals surface area contributed by atoms with Gasteiger partial charge < -0.3 is 0 Å². The van der Waals surface area contributed by atoms with Gasteiger partial charge in [-0.3, -0.25) is 0 Å². The van der Waals surface area contributed by atoms with Crippen LogP contribution in [0.4, 0.5) is 0 Å². The van der Waals surface area contributed by atoms with Crippen LogP contribution in [-0.2, 0) is 156 Å². The second-order valence-corrected chi connectivity index (χ2v) is 7.79. The van der Waals surface area contributed by atoms with Crippen molar-refractivity contribution in [2.75, 3.05) is 0 Å². The quantitative estimate of drug-likeness (QED) is 0.210. The summed E-state index contributed by atoms with van der Waals surface area (Å²) in [6, 6.07) is 0. The maximum absolute atomic E-state index is 8.58. The van der Waals surface area contributed by atoms with E-state index in [0.717, 1.165) is 0 Å². The molecule has 0 unspecified atom stereocenters. The Hall–Kier alpha value is 0.995. The molecule has 0 amide bonds. The summed E-state index contributed by atoms with van der Waals surface area (Å²) in [5.74, 6) is 0. The van der Waals surface area contributed by atoms with Crippen LogP contribution < -0.4 is 39.8 Å². The van der Waals surface area contributed by atoms with E-state index in [9.17, 15) is 0 Å². The van der Waals surface area contributed by atoms with Crippen LogP contribution in [0.2, 0.25) is 0 Å². The summed E-state index contributed by atoms with van der Waals surface area (Å²) < 4.78 is 172. The molecule has 0 rings (SSSR count). The Morgan fingerprint density at radius 1 is 0.321 bits per heavy atom. The molecule has 20 nitrogen and oxygen atoms in total. The summed E-state index contributed by atoms with van der Waals surface area (Å²) in [5.41, 5.74) is 0. The van der Waals surface area contributed by atoms with Crippen molar-refractivity contribution in [3.05, 3.63) is 0 Å².